The van der Waals surface area contributed by atoms with Gasteiger partial charge in [0.25, 0.3) is 0 Å². The standard InChI is InChI=1S/C15H26O4/c1-10(12-9-13(12)14(17)18-5)7-6-8-15(3,4)19-11(2)16/h10,12-13H,6-9H2,1-5H3. The Balaban J connectivity index is 2.23. The molecule has 0 aromatic rings. The number of ether oxygens (including phenoxy) is 2. The molecule has 1 rings (SSSR count). The van der Waals surface area contributed by atoms with Gasteiger partial charge in [-0.2, -0.15) is 0 Å². The maximum atomic E-state index is 11.4. The second-order valence-corrected chi connectivity index (χ2v) is 6.25. The lowest BCUT2D eigenvalue weighted by Gasteiger charge is -2.25. The van der Waals surface area contributed by atoms with Gasteiger partial charge < -0.3 is 9.47 Å². The first-order chi connectivity index (χ1) is 8.76. The molecule has 1 aliphatic carbocycles. The van der Waals surface area contributed by atoms with E-state index in [-0.39, 0.29) is 17.9 Å². The zero-order valence-electron chi connectivity index (χ0n) is 12.7. The van der Waals surface area contributed by atoms with E-state index in [1.54, 1.807) is 0 Å². The molecule has 0 amide bonds. The molecule has 0 bridgehead atoms. The molecule has 3 unspecified atom stereocenters. The molecular weight excluding hydrogens is 244 g/mol. The van der Waals surface area contributed by atoms with Crippen molar-refractivity contribution in [3.05, 3.63) is 0 Å². The van der Waals surface area contributed by atoms with Gasteiger partial charge in [0, 0.05) is 6.92 Å². The van der Waals surface area contributed by atoms with Crippen LogP contribution >= 0.6 is 0 Å². The zero-order chi connectivity index (χ0) is 14.6. The summed E-state index contributed by atoms with van der Waals surface area (Å²) in [7, 11) is 1.45. The highest BCUT2D eigenvalue weighted by Crippen LogP contribution is 2.46. The number of carbonyl (C=O) groups is 2. The topological polar surface area (TPSA) is 52.6 Å². The average Bonchev–Trinajstić information content (AvgIpc) is 3.05. The molecule has 0 aromatic carbocycles. The molecule has 1 aliphatic rings. The smallest absolute Gasteiger partial charge is 0.308 e. The van der Waals surface area contributed by atoms with Crippen LogP contribution in [0.5, 0.6) is 0 Å². The molecule has 0 spiro atoms. The monoisotopic (exact) mass is 270 g/mol. The van der Waals surface area contributed by atoms with Crippen molar-refractivity contribution < 1.29 is 19.1 Å². The van der Waals surface area contributed by atoms with Gasteiger partial charge in [-0.25, -0.2) is 0 Å². The van der Waals surface area contributed by atoms with Crippen LogP contribution in [0.25, 0.3) is 0 Å². The van der Waals surface area contributed by atoms with E-state index in [1.165, 1.54) is 14.0 Å². The molecular formula is C15H26O4. The van der Waals surface area contributed by atoms with Crippen LogP contribution in [0.1, 0.15) is 53.4 Å². The molecule has 0 N–H and O–H groups in total. The third-order valence-corrected chi connectivity index (χ3v) is 3.93. The van der Waals surface area contributed by atoms with Crippen molar-refractivity contribution in [2.75, 3.05) is 7.11 Å². The van der Waals surface area contributed by atoms with Gasteiger partial charge in [-0.3, -0.25) is 9.59 Å². The zero-order valence-corrected chi connectivity index (χ0v) is 12.7. The minimum absolute atomic E-state index is 0.0721. The Hall–Kier alpha value is -1.06. The highest BCUT2D eigenvalue weighted by molar-refractivity contribution is 5.75. The fraction of sp³-hybridized carbons (Fsp3) is 0.867. The molecule has 4 nitrogen and oxygen atoms in total. The molecule has 4 heteroatoms. The molecule has 3 atom stereocenters. The summed E-state index contributed by atoms with van der Waals surface area (Å²) in [5, 5.41) is 0. The van der Waals surface area contributed by atoms with Crippen LogP contribution in [0.15, 0.2) is 0 Å². The number of rotatable bonds is 7. The second kappa shape index (κ2) is 6.40. The van der Waals surface area contributed by atoms with Gasteiger partial charge in [0.2, 0.25) is 0 Å². The Morgan fingerprint density at radius 1 is 1.37 bits per heavy atom. The summed E-state index contributed by atoms with van der Waals surface area (Å²) in [5.74, 6) is 0.811. The molecule has 110 valence electrons. The molecule has 1 saturated carbocycles. The highest BCUT2D eigenvalue weighted by atomic mass is 16.6. The number of esters is 2. The summed E-state index contributed by atoms with van der Waals surface area (Å²) >= 11 is 0. The summed E-state index contributed by atoms with van der Waals surface area (Å²) in [6.07, 6.45) is 3.88. The number of carbonyl (C=O) groups excluding carboxylic acids is 2. The van der Waals surface area contributed by atoms with E-state index < -0.39 is 5.60 Å². The van der Waals surface area contributed by atoms with Crippen molar-refractivity contribution >= 4 is 11.9 Å². The third-order valence-electron chi connectivity index (χ3n) is 3.93. The predicted molar refractivity (Wildman–Crippen MR) is 72.5 cm³/mol. The van der Waals surface area contributed by atoms with Crippen molar-refractivity contribution in [2.24, 2.45) is 17.8 Å². The molecule has 0 heterocycles. The lowest BCUT2D eigenvalue weighted by Crippen LogP contribution is -2.26. The Bertz CT molecular complexity index is 335. The van der Waals surface area contributed by atoms with Gasteiger partial charge in [0.05, 0.1) is 13.0 Å². The van der Waals surface area contributed by atoms with E-state index in [2.05, 4.69) is 6.92 Å². The van der Waals surface area contributed by atoms with Crippen molar-refractivity contribution in [1.82, 2.24) is 0 Å². The van der Waals surface area contributed by atoms with Gasteiger partial charge in [0.1, 0.15) is 5.60 Å². The van der Waals surface area contributed by atoms with E-state index in [0.29, 0.717) is 11.8 Å². The van der Waals surface area contributed by atoms with Crippen molar-refractivity contribution in [2.45, 2.75) is 59.0 Å². The number of hydrogen-bond donors (Lipinski definition) is 0. The Morgan fingerprint density at radius 2 is 2.00 bits per heavy atom. The average molecular weight is 270 g/mol. The van der Waals surface area contributed by atoms with E-state index >= 15 is 0 Å². The molecule has 0 aromatic heterocycles. The molecule has 19 heavy (non-hydrogen) atoms. The van der Waals surface area contributed by atoms with E-state index in [4.69, 9.17) is 9.47 Å². The number of hydrogen-bond acceptors (Lipinski definition) is 4. The molecule has 0 saturated heterocycles. The van der Waals surface area contributed by atoms with Crippen molar-refractivity contribution in [3.8, 4) is 0 Å². The quantitative estimate of drug-likeness (QED) is 0.667. The molecule has 0 aliphatic heterocycles. The van der Waals surface area contributed by atoms with Gasteiger partial charge in [0.15, 0.2) is 0 Å². The van der Waals surface area contributed by atoms with E-state index in [1.807, 2.05) is 13.8 Å². The maximum Gasteiger partial charge on any atom is 0.308 e. The van der Waals surface area contributed by atoms with Crippen molar-refractivity contribution in [3.63, 3.8) is 0 Å². The summed E-state index contributed by atoms with van der Waals surface area (Å²) in [6.45, 7) is 7.50. The van der Waals surface area contributed by atoms with E-state index in [9.17, 15) is 9.59 Å². The maximum absolute atomic E-state index is 11.4. The fourth-order valence-corrected chi connectivity index (χ4v) is 2.77. The molecule has 1 fully saturated rings. The Labute approximate surface area is 115 Å². The van der Waals surface area contributed by atoms with Crippen LogP contribution in [0.4, 0.5) is 0 Å². The fourth-order valence-electron chi connectivity index (χ4n) is 2.77. The Morgan fingerprint density at radius 3 is 2.53 bits per heavy atom. The summed E-state index contributed by atoms with van der Waals surface area (Å²) in [4.78, 5) is 22.3. The van der Waals surface area contributed by atoms with Crippen LogP contribution in [0.3, 0.4) is 0 Å². The van der Waals surface area contributed by atoms with Crippen LogP contribution in [0, 0.1) is 17.8 Å². The first kappa shape index (κ1) is 16.0. The van der Waals surface area contributed by atoms with Gasteiger partial charge >= 0.3 is 11.9 Å². The number of methoxy groups -OCH3 is 1. The summed E-state index contributed by atoms with van der Waals surface area (Å²) < 4.78 is 10.0. The summed E-state index contributed by atoms with van der Waals surface area (Å²) in [5.41, 5.74) is -0.392. The molecule has 0 radical (unpaired) electrons. The van der Waals surface area contributed by atoms with Crippen LogP contribution in [-0.4, -0.2) is 24.6 Å². The van der Waals surface area contributed by atoms with Crippen molar-refractivity contribution in [1.29, 1.82) is 0 Å². The van der Waals surface area contributed by atoms with E-state index in [0.717, 1.165) is 25.7 Å². The van der Waals surface area contributed by atoms with Gasteiger partial charge in [-0.05, 0) is 44.9 Å². The van der Waals surface area contributed by atoms with Crippen LogP contribution in [-0.2, 0) is 19.1 Å². The van der Waals surface area contributed by atoms with Gasteiger partial charge in [-0.15, -0.1) is 0 Å². The predicted octanol–water partition coefficient (Wildman–Crippen LogP) is 2.94. The minimum atomic E-state index is -0.392. The van der Waals surface area contributed by atoms with Crippen LogP contribution in [0.2, 0.25) is 0 Å². The van der Waals surface area contributed by atoms with Gasteiger partial charge in [-0.1, -0.05) is 13.3 Å². The largest absolute Gasteiger partial charge is 0.469 e. The minimum Gasteiger partial charge on any atom is -0.469 e. The second-order valence-electron chi connectivity index (χ2n) is 6.25. The van der Waals surface area contributed by atoms with Crippen LogP contribution < -0.4 is 0 Å². The lowest BCUT2D eigenvalue weighted by atomic mass is 9.93. The third kappa shape index (κ3) is 5.21. The Kier molecular flexibility index (Phi) is 5.39. The lowest BCUT2D eigenvalue weighted by molar-refractivity contribution is -0.154. The SMILES string of the molecule is COC(=O)C1CC1C(C)CCCC(C)(C)OC(C)=O. The summed E-state index contributed by atoms with van der Waals surface area (Å²) in [6, 6.07) is 0. The first-order valence-corrected chi connectivity index (χ1v) is 7.04. The first-order valence-electron chi connectivity index (χ1n) is 7.04. The normalized spacial score (nSPS) is 23.6. The highest BCUT2D eigenvalue weighted by Gasteiger charge is 2.46.